The Morgan fingerprint density at radius 1 is 1.23 bits per heavy atom. The fraction of sp³-hybridized carbons (Fsp3) is 0.278. The molecule has 1 aromatic carbocycles. The predicted molar refractivity (Wildman–Crippen MR) is 103 cm³/mol. The Bertz CT molecular complexity index is 862. The first-order valence-corrected chi connectivity index (χ1v) is 8.43. The Hall–Kier alpha value is -2.63. The molecule has 1 aromatic heterocycles. The summed E-state index contributed by atoms with van der Waals surface area (Å²) >= 11 is 3.43. The van der Waals surface area contributed by atoms with Gasteiger partial charge in [-0.3, -0.25) is 5.43 Å². The van der Waals surface area contributed by atoms with Crippen LogP contribution in [-0.4, -0.2) is 32.5 Å². The number of aromatic nitrogens is 1. The van der Waals surface area contributed by atoms with Crippen LogP contribution in [-0.2, 0) is 11.3 Å². The molecule has 0 saturated heterocycles. The second-order valence-electron chi connectivity index (χ2n) is 5.29. The van der Waals surface area contributed by atoms with E-state index in [2.05, 4.69) is 37.5 Å². The number of aryl methyl sites for hydroxylation is 1. The molecule has 0 spiro atoms. The molecular weight excluding hydrogens is 400 g/mol. The molecule has 0 aliphatic carbocycles. The summed E-state index contributed by atoms with van der Waals surface area (Å²) < 4.78 is 16.5. The van der Waals surface area contributed by atoms with E-state index in [4.69, 9.17) is 14.2 Å². The standard InChI is InChI=1S/C18H19BrN4O3/c1-11-5-13(10-24-2)14(8-20)18(22-11)23-21-9-12-6-15(19)17(26-4)7-16(12)25-3/h5-7,9H,10H2,1-4H3,(H,22,23). The number of nitriles is 1. The maximum Gasteiger partial charge on any atom is 0.164 e. The Morgan fingerprint density at radius 3 is 2.58 bits per heavy atom. The highest BCUT2D eigenvalue weighted by Gasteiger charge is 2.11. The smallest absolute Gasteiger partial charge is 0.164 e. The van der Waals surface area contributed by atoms with Gasteiger partial charge in [-0.05, 0) is 35.0 Å². The number of hydrogen-bond donors (Lipinski definition) is 1. The molecule has 0 radical (unpaired) electrons. The van der Waals surface area contributed by atoms with Gasteiger partial charge in [0.05, 0.1) is 31.5 Å². The maximum absolute atomic E-state index is 9.43. The van der Waals surface area contributed by atoms with Crippen LogP contribution in [0.4, 0.5) is 5.82 Å². The van der Waals surface area contributed by atoms with Crippen molar-refractivity contribution in [2.75, 3.05) is 26.8 Å². The van der Waals surface area contributed by atoms with Crippen LogP contribution < -0.4 is 14.9 Å². The van der Waals surface area contributed by atoms with Crippen LogP contribution in [0.15, 0.2) is 27.8 Å². The Labute approximate surface area is 160 Å². The minimum absolute atomic E-state index is 0.323. The van der Waals surface area contributed by atoms with Gasteiger partial charge in [0, 0.05) is 30.0 Å². The number of methoxy groups -OCH3 is 3. The minimum Gasteiger partial charge on any atom is -0.496 e. The van der Waals surface area contributed by atoms with Crippen molar-refractivity contribution in [3.63, 3.8) is 0 Å². The summed E-state index contributed by atoms with van der Waals surface area (Å²) in [5.41, 5.74) is 5.48. The van der Waals surface area contributed by atoms with Crippen LogP contribution in [0, 0.1) is 18.3 Å². The van der Waals surface area contributed by atoms with Crippen LogP contribution in [0.2, 0.25) is 0 Å². The minimum atomic E-state index is 0.323. The molecule has 26 heavy (non-hydrogen) atoms. The van der Waals surface area contributed by atoms with Gasteiger partial charge < -0.3 is 14.2 Å². The molecule has 0 atom stereocenters. The molecular formula is C18H19BrN4O3. The Kier molecular flexibility index (Phi) is 6.95. The summed E-state index contributed by atoms with van der Waals surface area (Å²) in [4.78, 5) is 4.34. The highest BCUT2D eigenvalue weighted by molar-refractivity contribution is 9.10. The molecule has 1 N–H and O–H groups in total. The van der Waals surface area contributed by atoms with E-state index in [1.54, 1.807) is 33.6 Å². The lowest BCUT2D eigenvalue weighted by molar-refractivity contribution is 0.184. The first-order chi connectivity index (χ1) is 12.5. The second kappa shape index (κ2) is 9.17. The zero-order valence-electron chi connectivity index (χ0n) is 15.0. The molecule has 2 rings (SSSR count). The highest BCUT2D eigenvalue weighted by atomic mass is 79.9. The average molecular weight is 419 g/mol. The van der Waals surface area contributed by atoms with Gasteiger partial charge >= 0.3 is 0 Å². The average Bonchev–Trinajstić information content (AvgIpc) is 2.62. The van der Waals surface area contributed by atoms with Crippen LogP contribution in [0.3, 0.4) is 0 Å². The van der Waals surface area contributed by atoms with Gasteiger partial charge in [0.15, 0.2) is 5.82 Å². The van der Waals surface area contributed by atoms with Crippen molar-refractivity contribution in [2.24, 2.45) is 5.10 Å². The summed E-state index contributed by atoms with van der Waals surface area (Å²) in [5.74, 6) is 1.64. The van der Waals surface area contributed by atoms with Crippen molar-refractivity contribution in [1.29, 1.82) is 5.26 Å². The molecule has 0 amide bonds. The van der Waals surface area contributed by atoms with Gasteiger partial charge in [0.2, 0.25) is 0 Å². The van der Waals surface area contributed by atoms with Gasteiger partial charge in [-0.15, -0.1) is 0 Å². The highest BCUT2D eigenvalue weighted by Crippen LogP contribution is 2.32. The fourth-order valence-corrected chi connectivity index (χ4v) is 2.89. The van der Waals surface area contributed by atoms with Crippen molar-refractivity contribution in [1.82, 2.24) is 4.98 Å². The summed E-state index contributed by atoms with van der Waals surface area (Å²) in [7, 11) is 4.73. The van der Waals surface area contributed by atoms with E-state index < -0.39 is 0 Å². The number of ether oxygens (including phenoxy) is 3. The van der Waals surface area contributed by atoms with Gasteiger partial charge in [0.25, 0.3) is 0 Å². The van der Waals surface area contributed by atoms with E-state index in [0.29, 0.717) is 29.5 Å². The number of pyridine rings is 1. The first kappa shape index (κ1) is 19.7. The van der Waals surface area contributed by atoms with E-state index in [1.165, 1.54) is 0 Å². The lowest BCUT2D eigenvalue weighted by atomic mass is 10.1. The molecule has 1 heterocycles. The topological polar surface area (TPSA) is 88.8 Å². The molecule has 136 valence electrons. The molecule has 8 heteroatoms. The van der Waals surface area contributed by atoms with Crippen LogP contribution in [0.5, 0.6) is 11.5 Å². The van der Waals surface area contributed by atoms with Gasteiger partial charge in [-0.1, -0.05) is 0 Å². The zero-order valence-corrected chi connectivity index (χ0v) is 16.5. The third kappa shape index (κ3) is 4.50. The predicted octanol–water partition coefficient (Wildman–Crippen LogP) is 3.63. The number of nitrogens with zero attached hydrogens (tertiary/aromatic N) is 3. The van der Waals surface area contributed by atoms with Crippen molar-refractivity contribution < 1.29 is 14.2 Å². The van der Waals surface area contributed by atoms with Crippen LogP contribution >= 0.6 is 15.9 Å². The normalized spacial score (nSPS) is 10.6. The molecule has 2 aromatic rings. The second-order valence-corrected chi connectivity index (χ2v) is 6.14. The van der Waals surface area contributed by atoms with E-state index in [9.17, 15) is 5.26 Å². The number of hydrazone groups is 1. The maximum atomic E-state index is 9.43. The van der Waals surface area contributed by atoms with Crippen molar-refractivity contribution >= 4 is 28.0 Å². The van der Waals surface area contributed by atoms with E-state index in [0.717, 1.165) is 21.3 Å². The molecule has 0 saturated carbocycles. The Balaban J connectivity index is 2.32. The molecule has 0 bridgehead atoms. The third-order valence-electron chi connectivity index (χ3n) is 3.52. The number of halogens is 1. The lowest BCUT2D eigenvalue weighted by Crippen LogP contribution is -2.04. The number of hydrogen-bond acceptors (Lipinski definition) is 7. The largest absolute Gasteiger partial charge is 0.496 e. The van der Waals surface area contributed by atoms with Gasteiger partial charge in [0.1, 0.15) is 23.1 Å². The quantitative estimate of drug-likeness (QED) is 0.545. The van der Waals surface area contributed by atoms with Crippen LogP contribution in [0.1, 0.15) is 22.4 Å². The monoisotopic (exact) mass is 418 g/mol. The molecule has 0 aliphatic rings. The molecule has 0 aliphatic heterocycles. The Morgan fingerprint density at radius 2 is 1.96 bits per heavy atom. The van der Waals surface area contributed by atoms with Gasteiger partial charge in [-0.25, -0.2) is 4.98 Å². The zero-order chi connectivity index (χ0) is 19.1. The summed E-state index contributed by atoms with van der Waals surface area (Å²) in [5, 5.41) is 13.6. The van der Waals surface area contributed by atoms with Gasteiger partial charge in [-0.2, -0.15) is 10.4 Å². The molecule has 0 unspecified atom stereocenters. The van der Waals surface area contributed by atoms with Crippen molar-refractivity contribution in [3.8, 4) is 17.6 Å². The number of benzene rings is 1. The third-order valence-corrected chi connectivity index (χ3v) is 4.14. The fourth-order valence-electron chi connectivity index (χ4n) is 2.36. The SMILES string of the molecule is COCc1cc(C)nc(NN=Cc2cc(Br)c(OC)cc2OC)c1C#N. The van der Waals surface area contributed by atoms with E-state index >= 15 is 0 Å². The summed E-state index contributed by atoms with van der Waals surface area (Å²) in [6.07, 6.45) is 1.59. The van der Waals surface area contributed by atoms with Crippen molar-refractivity contribution in [2.45, 2.75) is 13.5 Å². The van der Waals surface area contributed by atoms with Crippen molar-refractivity contribution in [3.05, 3.63) is 45.1 Å². The molecule has 7 nitrogen and oxygen atoms in total. The van der Waals surface area contributed by atoms with E-state index in [1.807, 2.05) is 19.1 Å². The van der Waals surface area contributed by atoms with Crippen LogP contribution in [0.25, 0.3) is 0 Å². The first-order valence-electron chi connectivity index (χ1n) is 7.64. The van der Waals surface area contributed by atoms with E-state index in [-0.39, 0.29) is 0 Å². The lowest BCUT2D eigenvalue weighted by Gasteiger charge is -2.10. The summed E-state index contributed by atoms with van der Waals surface area (Å²) in [6, 6.07) is 7.55. The molecule has 0 fully saturated rings. The number of nitrogens with one attached hydrogen (secondary N) is 1. The number of rotatable bonds is 7. The summed E-state index contributed by atoms with van der Waals surface area (Å²) in [6.45, 7) is 2.17. The number of anilines is 1.